The third-order valence-electron chi connectivity index (χ3n) is 5.56. The van der Waals surface area contributed by atoms with Crippen molar-refractivity contribution in [1.82, 2.24) is 10.0 Å². The van der Waals surface area contributed by atoms with Gasteiger partial charge in [-0.25, -0.2) is 8.42 Å². The lowest BCUT2D eigenvalue weighted by Gasteiger charge is -2.24. The van der Waals surface area contributed by atoms with Crippen molar-refractivity contribution in [2.75, 3.05) is 19.0 Å². The molecule has 0 aromatic heterocycles. The summed E-state index contributed by atoms with van der Waals surface area (Å²) in [6.07, 6.45) is 1.81. The number of benzene rings is 2. The number of hydrogen-bond acceptors (Lipinski definition) is 6. The molecule has 0 spiro atoms. The molecule has 3 N–H and O–H groups in total. The summed E-state index contributed by atoms with van der Waals surface area (Å²) in [5.41, 5.74) is 1.10. The molecule has 9 nitrogen and oxygen atoms in total. The van der Waals surface area contributed by atoms with Gasteiger partial charge in [0.2, 0.25) is 21.8 Å². The van der Waals surface area contributed by atoms with Crippen molar-refractivity contribution < 1.29 is 27.5 Å². The van der Waals surface area contributed by atoms with Crippen LogP contribution in [0.2, 0.25) is 0 Å². The fraction of sp³-hybridized carbons (Fsp3) is 0.417. The number of nitrogens with one attached hydrogen (secondary N) is 3. The zero-order valence-electron chi connectivity index (χ0n) is 19.5. The molecule has 1 aliphatic rings. The van der Waals surface area contributed by atoms with Crippen molar-refractivity contribution >= 4 is 27.5 Å². The Bertz CT molecular complexity index is 1100. The lowest BCUT2D eigenvalue weighted by atomic mass is 10.0. The molecule has 3 atom stereocenters. The molecule has 1 aliphatic heterocycles. The van der Waals surface area contributed by atoms with E-state index in [1.54, 1.807) is 0 Å². The molecule has 10 heteroatoms. The standard InChI is InChI=1S/C24H31N3O6S/c1-16(21-10-7-13-33-21)25-24(29)20(14-18-8-5-4-6-9-18)27-34(30,31)23-15-19(26-17(2)28)11-12-22(23)32-3/h4-6,8-9,11-12,15-16,20-21,27H,7,10,13-14H2,1-3H3,(H,25,29)(H,26,28). The minimum atomic E-state index is -4.20. The summed E-state index contributed by atoms with van der Waals surface area (Å²) in [7, 11) is -2.85. The molecular formula is C24H31N3O6S. The topological polar surface area (TPSA) is 123 Å². The van der Waals surface area contributed by atoms with Gasteiger partial charge in [0.15, 0.2) is 0 Å². The molecule has 0 radical (unpaired) electrons. The average Bonchev–Trinajstić information content (AvgIpc) is 3.34. The van der Waals surface area contributed by atoms with Crippen LogP contribution in [0.25, 0.3) is 0 Å². The lowest BCUT2D eigenvalue weighted by Crippen LogP contribution is -2.52. The number of sulfonamides is 1. The molecule has 1 saturated heterocycles. The van der Waals surface area contributed by atoms with E-state index < -0.39 is 22.0 Å². The van der Waals surface area contributed by atoms with Crippen LogP contribution in [0.1, 0.15) is 32.3 Å². The van der Waals surface area contributed by atoms with E-state index in [-0.39, 0.29) is 35.1 Å². The maximum absolute atomic E-state index is 13.4. The molecule has 0 aliphatic carbocycles. The summed E-state index contributed by atoms with van der Waals surface area (Å²) in [5.74, 6) is -0.702. The molecule has 2 amide bonds. The summed E-state index contributed by atoms with van der Waals surface area (Å²) in [5, 5.41) is 5.47. The highest BCUT2D eigenvalue weighted by molar-refractivity contribution is 7.89. The van der Waals surface area contributed by atoms with Gasteiger partial charge in [-0.2, -0.15) is 4.72 Å². The van der Waals surface area contributed by atoms with Crippen molar-refractivity contribution in [2.45, 2.75) is 56.2 Å². The largest absolute Gasteiger partial charge is 0.495 e. The van der Waals surface area contributed by atoms with Crippen molar-refractivity contribution in [3.05, 3.63) is 54.1 Å². The Hall–Kier alpha value is -2.95. The first kappa shape index (κ1) is 25.7. The Morgan fingerprint density at radius 2 is 1.91 bits per heavy atom. The normalized spacial score (nSPS) is 17.6. The third kappa shape index (κ3) is 6.78. The van der Waals surface area contributed by atoms with E-state index in [1.807, 2.05) is 37.3 Å². The van der Waals surface area contributed by atoms with Crippen LogP contribution in [0.5, 0.6) is 5.75 Å². The summed E-state index contributed by atoms with van der Waals surface area (Å²) in [6, 6.07) is 12.1. The van der Waals surface area contributed by atoms with Crippen LogP contribution in [-0.2, 0) is 30.8 Å². The van der Waals surface area contributed by atoms with Crippen LogP contribution in [-0.4, -0.2) is 52.1 Å². The molecular weight excluding hydrogens is 458 g/mol. The molecule has 34 heavy (non-hydrogen) atoms. The lowest BCUT2D eigenvalue weighted by molar-refractivity contribution is -0.124. The van der Waals surface area contributed by atoms with Crippen LogP contribution in [0.15, 0.2) is 53.4 Å². The van der Waals surface area contributed by atoms with Gasteiger partial charge in [-0.05, 0) is 49.9 Å². The highest BCUT2D eigenvalue weighted by Gasteiger charge is 2.31. The number of methoxy groups -OCH3 is 1. The van der Waals surface area contributed by atoms with Crippen LogP contribution >= 0.6 is 0 Å². The second kappa shape index (κ2) is 11.5. The first-order valence-corrected chi connectivity index (χ1v) is 12.6. The number of amides is 2. The summed E-state index contributed by atoms with van der Waals surface area (Å²) in [4.78, 5) is 24.5. The van der Waals surface area contributed by atoms with E-state index in [0.717, 1.165) is 18.4 Å². The maximum atomic E-state index is 13.4. The summed E-state index contributed by atoms with van der Waals surface area (Å²) in [6.45, 7) is 3.82. The number of carbonyl (C=O) groups excluding carboxylic acids is 2. The zero-order valence-corrected chi connectivity index (χ0v) is 20.4. The minimum absolute atomic E-state index is 0.0909. The van der Waals surface area contributed by atoms with Gasteiger partial charge >= 0.3 is 0 Å². The van der Waals surface area contributed by atoms with Gasteiger partial charge in [0.1, 0.15) is 16.7 Å². The van der Waals surface area contributed by atoms with Gasteiger partial charge in [-0.1, -0.05) is 30.3 Å². The molecule has 2 aromatic carbocycles. The third-order valence-corrected chi connectivity index (χ3v) is 7.06. The second-order valence-corrected chi connectivity index (χ2v) is 9.94. The minimum Gasteiger partial charge on any atom is -0.495 e. The number of anilines is 1. The van der Waals surface area contributed by atoms with E-state index in [1.165, 1.54) is 32.2 Å². The Kier molecular flexibility index (Phi) is 8.65. The van der Waals surface area contributed by atoms with Gasteiger partial charge in [-0.15, -0.1) is 0 Å². The molecule has 184 valence electrons. The SMILES string of the molecule is COc1ccc(NC(C)=O)cc1S(=O)(=O)NC(Cc1ccccc1)C(=O)NC(C)C1CCCO1. The average molecular weight is 490 g/mol. The predicted octanol–water partition coefficient (Wildman–Crippen LogP) is 2.23. The molecule has 1 heterocycles. The number of carbonyl (C=O) groups is 2. The van der Waals surface area contributed by atoms with E-state index in [0.29, 0.717) is 12.3 Å². The number of hydrogen-bond donors (Lipinski definition) is 3. The quantitative estimate of drug-likeness (QED) is 0.470. The fourth-order valence-electron chi connectivity index (χ4n) is 3.87. The number of ether oxygens (including phenoxy) is 2. The van der Waals surface area contributed by atoms with Crippen LogP contribution in [0.3, 0.4) is 0 Å². The Morgan fingerprint density at radius 1 is 1.18 bits per heavy atom. The first-order chi connectivity index (χ1) is 16.2. The van der Waals surface area contributed by atoms with Crippen LogP contribution in [0.4, 0.5) is 5.69 Å². The molecule has 3 rings (SSSR count). The maximum Gasteiger partial charge on any atom is 0.245 e. The fourth-order valence-corrected chi connectivity index (χ4v) is 5.26. The molecule has 0 saturated carbocycles. The summed E-state index contributed by atoms with van der Waals surface area (Å²) < 4.78 is 40.2. The van der Waals surface area contributed by atoms with Gasteiger partial charge < -0.3 is 20.1 Å². The van der Waals surface area contributed by atoms with E-state index >= 15 is 0 Å². The highest BCUT2D eigenvalue weighted by atomic mass is 32.2. The summed E-state index contributed by atoms with van der Waals surface area (Å²) >= 11 is 0. The Balaban J connectivity index is 1.88. The molecule has 0 bridgehead atoms. The van der Waals surface area contributed by atoms with Crippen molar-refractivity contribution in [1.29, 1.82) is 0 Å². The van der Waals surface area contributed by atoms with Crippen LogP contribution < -0.4 is 20.1 Å². The Morgan fingerprint density at radius 3 is 2.53 bits per heavy atom. The van der Waals surface area contributed by atoms with Gasteiger partial charge in [-0.3, -0.25) is 9.59 Å². The second-order valence-electron chi connectivity index (χ2n) is 8.26. The van der Waals surface area contributed by atoms with Gasteiger partial charge in [0.05, 0.1) is 19.3 Å². The van der Waals surface area contributed by atoms with Crippen molar-refractivity contribution in [3.63, 3.8) is 0 Å². The van der Waals surface area contributed by atoms with E-state index in [4.69, 9.17) is 9.47 Å². The molecule has 1 fully saturated rings. The molecule has 2 aromatic rings. The van der Waals surface area contributed by atoms with Crippen molar-refractivity contribution in [3.8, 4) is 5.75 Å². The zero-order chi connectivity index (χ0) is 24.7. The van der Waals surface area contributed by atoms with Crippen LogP contribution in [0, 0.1) is 0 Å². The molecule has 3 unspecified atom stereocenters. The highest BCUT2D eigenvalue weighted by Crippen LogP contribution is 2.27. The predicted molar refractivity (Wildman–Crippen MR) is 128 cm³/mol. The van der Waals surface area contributed by atoms with Gasteiger partial charge in [0, 0.05) is 19.2 Å². The van der Waals surface area contributed by atoms with Crippen molar-refractivity contribution in [2.24, 2.45) is 0 Å². The van der Waals surface area contributed by atoms with E-state index in [2.05, 4.69) is 15.4 Å². The monoisotopic (exact) mass is 489 g/mol. The van der Waals surface area contributed by atoms with E-state index in [9.17, 15) is 18.0 Å². The Labute approximate surface area is 200 Å². The first-order valence-electron chi connectivity index (χ1n) is 11.1. The van der Waals surface area contributed by atoms with Gasteiger partial charge in [0.25, 0.3) is 0 Å². The smallest absolute Gasteiger partial charge is 0.245 e. The number of rotatable bonds is 10.